The first-order valence-electron chi connectivity index (χ1n) is 7.32. The minimum absolute atomic E-state index is 0.456. The van der Waals surface area contributed by atoms with Crippen molar-refractivity contribution < 1.29 is 4.74 Å². The molecular weight excluding hydrogens is 264 g/mol. The van der Waals surface area contributed by atoms with Crippen molar-refractivity contribution in [1.29, 1.82) is 0 Å². The van der Waals surface area contributed by atoms with Gasteiger partial charge in [0.1, 0.15) is 12.0 Å². The Morgan fingerprint density at radius 2 is 2.00 bits per heavy atom. The first kappa shape index (κ1) is 15.1. The second-order valence-electron chi connectivity index (χ2n) is 4.81. The fourth-order valence-electron chi connectivity index (χ4n) is 1.98. The van der Waals surface area contributed by atoms with Gasteiger partial charge in [-0.3, -0.25) is 0 Å². The normalized spacial score (nSPS) is 10.3. The second-order valence-corrected chi connectivity index (χ2v) is 4.81. The SMILES string of the molecule is CCCOc1ncnc(NCCCc2ccccc2)c1N. The van der Waals surface area contributed by atoms with Crippen molar-refractivity contribution in [2.75, 3.05) is 24.2 Å². The predicted octanol–water partition coefficient (Wildman–Crippen LogP) is 2.89. The van der Waals surface area contributed by atoms with Crippen molar-refractivity contribution in [3.8, 4) is 5.88 Å². The minimum atomic E-state index is 0.456. The van der Waals surface area contributed by atoms with Crippen LogP contribution in [0.3, 0.4) is 0 Å². The Kier molecular flexibility index (Phi) is 5.82. The van der Waals surface area contributed by atoms with Gasteiger partial charge in [-0.15, -0.1) is 0 Å². The van der Waals surface area contributed by atoms with Crippen LogP contribution < -0.4 is 15.8 Å². The van der Waals surface area contributed by atoms with Crippen molar-refractivity contribution >= 4 is 11.5 Å². The molecule has 0 bridgehead atoms. The molecule has 0 aliphatic rings. The molecule has 5 nitrogen and oxygen atoms in total. The fraction of sp³-hybridized carbons (Fsp3) is 0.375. The average Bonchev–Trinajstić information content (AvgIpc) is 2.53. The standard InChI is InChI=1S/C16H22N4O/c1-2-11-21-16-14(17)15(19-12-20-16)18-10-6-9-13-7-4-3-5-8-13/h3-5,7-8,12H,2,6,9-11,17H2,1H3,(H,18,19,20). The molecule has 0 radical (unpaired) electrons. The minimum Gasteiger partial charge on any atom is -0.476 e. The molecule has 5 heteroatoms. The lowest BCUT2D eigenvalue weighted by Crippen LogP contribution is -2.10. The van der Waals surface area contributed by atoms with Crippen LogP contribution in [0.25, 0.3) is 0 Å². The first-order chi connectivity index (χ1) is 10.3. The number of benzene rings is 1. The van der Waals surface area contributed by atoms with Crippen molar-refractivity contribution in [2.24, 2.45) is 0 Å². The Labute approximate surface area is 125 Å². The number of aryl methyl sites for hydroxylation is 1. The summed E-state index contributed by atoms with van der Waals surface area (Å²) < 4.78 is 5.49. The Balaban J connectivity index is 1.83. The van der Waals surface area contributed by atoms with E-state index in [0.29, 0.717) is 24.0 Å². The molecule has 0 aliphatic heterocycles. The summed E-state index contributed by atoms with van der Waals surface area (Å²) in [5, 5.41) is 3.24. The van der Waals surface area contributed by atoms with Gasteiger partial charge in [0, 0.05) is 6.54 Å². The van der Waals surface area contributed by atoms with Crippen LogP contribution in [0.1, 0.15) is 25.3 Å². The number of ether oxygens (including phenoxy) is 1. The largest absolute Gasteiger partial charge is 0.476 e. The molecule has 0 saturated carbocycles. The quantitative estimate of drug-likeness (QED) is 0.730. The van der Waals surface area contributed by atoms with Crippen LogP contribution in [-0.2, 0) is 6.42 Å². The van der Waals surface area contributed by atoms with E-state index in [4.69, 9.17) is 10.5 Å². The molecule has 0 unspecified atom stereocenters. The van der Waals surface area contributed by atoms with Gasteiger partial charge in [-0.05, 0) is 24.8 Å². The average molecular weight is 286 g/mol. The molecule has 3 N–H and O–H groups in total. The molecule has 2 rings (SSSR count). The Bertz CT molecular complexity index is 545. The van der Waals surface area contributed by atoms with E-state index in [1.165, 1.54) is 11.9 Å². The third-order valence-corrected chi connectivity index (χ3v) is 3.07. The molecule has 0 saturated heterocycles. The van der Waals surface area contributed by atoms with Crippen molar-refractivity contribution in [3.05, 3.63) is 42.2 Å². The lowest BCUT2D eigenvalue weighted by Gasteiger charge is -2.11. The van der Waals surface area contributed by atoms with E-state index in [-0.39, 0.29) is 0 Å². The number of hydrogen-bond acceptors (Lipinski definition) is 5. The fourth-order valence-corrected chi connectivity index (χ4v) is 1.98. The van der Waals surface area contributed by atoms with Gasteiger partial charge in [-0.1, -0.05) is 37.3 Å². The predicted molar refractivity (Wildman–Crippen MR) is 85.5 cm³/mol. The summed E-state index contributed by atoms with van der Waals surface area (Å²) in [4.78, 5) is 8.22. The zero-order chi connectivity index (χ0) is 14.9. The Morgan fingerprint density at radius 1 is 1.19 bits per heavy atom. The molecule has 0 fully saturated rings. The number of hydrogen-bond donors (Lipinski definition) is 2. The summed E-state index contributed by atoms with van der Waals surface area (Å²) in [5.74, 6) is 1.10. The number of anilines is 2. The zero-order valence-corrected chi connectivity index (χ0v) is 12.4. The van der Waals surface area contributed by atoms with Gasteiger partial charge in [0.2, 0.25) is 5.88 Å². The van der Waals surface area contributed by atoms with E-state index in [2.05, 4.69) is 39.6 Å². The number of aromatic nitrogens is 2. The summed E-state index contributed by atoms with van der Waals surface area (Å²) in [6, 6.07) is 10.4. The first-order valence-corrected chi connectivity index (χ1v) is 7.32. The molecule has 1 heterocycles. The highest BCUT2D eigenvalue weighted by molar-refractivity contribution is 5.66. The highest BCUT2D eigenvalue weighted by atomic mass is 16.5. The highest BCUT2D eigenvalue weighted by Crippen LogP contribution is 2.24. The van der Waals surface area contributed by atoms with E-state index in [0.717, 1.165) is 25.8 Å². The molecular formula is C16H22N4O. The van der Waals surface area contributed by atoms with Crippen LogP contribution in [0.5, 0.6) is 5.88 Å². The molecule has 1 aromatic carbocycles. The summed E-state index contributed by atoms with van der Waals surface area (Å²) in [5.41, 5.74) is 7.82. The van der Waals surface area contributed by atoms with E-state index in [9.17, 15) is 0 Å². The van der Waals surface area contributed by atoms with Gasteiger partial charge >= 0.3 is 0 Å². The van der Waals surface area contributed by atoms with Gasteiger partial charge in [-0.25, -0.2) is 4.98 Å². The molecule has 0 atom stereocenters. The van der Waals surface area contributed by atoms with Gasteiger partial charge in [0.15, 0.2) is 5.82 Å². The Morgan fingerprint density at radius 3 is 2.76 bits per heavy atom. The molecule has 21 heavy (non-hydrogen) atoms. The third kappa shape index (κ3) is 4.63. The molecule has 0 amide bonds. The Hall–Kier alpha value is -2.30. The van der Waals surface area contributed by atoms with Crippen LogP contribution in [0.15, 0.2) is 36.7 Å². The number of nitrogens with zero attached hydrogens (tertiary/aromatic N) is 2. The number of nitrogen functional groups attached to an aromatic ring is 1. The maximum Gasteiger partial charge on any atom is 0.242 e. The second kappa shape index (κ2) is 8.09. The van der Waals surface area contributed by atoms with E-state index < -0.39 is 0 Å². The molecule has 0 aliphatic carbocycles. The van der Waals surface area contributed by atoms with Crippen LogP contribution >= 0.6 is 0 Å². The van der Waals surface area contributed by atoms with Crippen LogP contribution in [-0.4, -0.2) is 23.1 Å². The summed E-state index contributed by atoms with van der Waals surface area (Å²) >= 11 is 0. The van der Waals surface area contributed by atoms with E-state index in [1.807, 2.05) is 13.0 Å². The van der Waals surface area contributed by atoms with Crippen molar-refractivity contribution in [1.82, 2.24) is 9.97 Å². The number of rotatable bonds is 8. The lowest BCUT2D eigenvalue weighted by atomic mass is 10.1. The topological polar surface area (TPSA) is 73.1 Å². The zero-order valence-electron chi connectivity index (χ0n) is 12.4. The lowest BCUT2D eigenvalue weighted by molar-refractivity contribution is 0.306. The molecule has 1 aromatic heterocycles. The maximum atomic E-state index is 6.00. The smallest absolute Gasteiger partial charge is 0.242 e. The summed E-state index contributed by atoms with van der Waals surface area (Å²) in [6.07, 6.45) is 4.43. The molecule has 0 spiro atoms. The van der Waals surface area contributed by atoms with Crippen LogP contribution in [0.4, 0.5) is 11.5 Å². The van der Waals surface area contributed by atoms with Crippen molar-refractivity contribution in [2.45, 2.75) is 26.2 Å². The summed E-state index contributed by atoms with van der Waals surface area (Å²) in [7, 11) is 0. The van der Waals surface area contributed by atoms with E-state index >= 15 is 0 Å². The molecule has 2 aromatic rings. The maximum absolute atomic E-state index is 6.00. The number of nitrogens with two attached hydrogens (primary N) is 1. The highest BCUT2D eigenvalue weighted by Gasteiger charge is 2.08. The van der Waals surface area contributed by atoms with Gasteiger partial charge in [0.05, 0.1) is 6.61 Å². The van der Waals surface area contributed by atoms with Gasteiger partial charge in [0.25, 0.3) is 0 Å². The van der Waals surface area contributed by atoms with Crippen molar-refractivity contribution in [3.63, 3.8) is 0 Å². The number of nitrogens with one attached hydrogen (secondary N) is 1. The summed E-state index contributed by atoms with van der Waals surface area (Å²) in [6.45, 7) is 3.46. The monoisotopic (exact) mass is 286 g/mol. The molecule has 112 valence electrons. The third-order valence-electron chi connectivity index (χ3n) is 3.07. The van der Waals surface area contributed by atoms with Crippen LogP contribution in [0, 0.1) is 0 Å². The van der Waals surface area contributed by atoms with E-state index in [1.54, 1.807) is 0 Å². The van der Waals surface area contributed by atoms with Gasteiger partial charge in [-0.2, -0.15) is 4.98 Å². The van der Waals surface area contributed by atoms with Crippen LogP contribution in [0.2, 0.25) is 0 Å². The van der Waals surface area contributed by atoms with Gasteiger partial charge < -0.3 is 15.8 Å².